The van der Waals surface area contributed by atoms with Gasteiger partial charge in [-0.25, -0.2) is 0 Å². The summed E-state index contributed by atoms with van der Waals surface area (Å²) in [6, 6.07) is 0.365. The molecule has 0 saturated carbocycles. The molecule has 0 spiro atoms. The first-order valence-electron chi connectivity index (χ1n) is 7.26. The molecule has 2 aliphatic rings. The van der Waals surface area contributed by atoms with Crippen molar-refractivity contribution < 1.29 is 9.53 Å². The number of amides is 1. The smallest absolute Gasteiger partial charge is 0.239 e. The van der Waals surface area contributed by atoms with Crippen molar-refractivity contribution in [2.45, 2.75) is 25.9 Å². The summed E-state index contributed by atoms with van der Waals surface area (Å²) >= 11 is 0. The van der Waals surface area contributed by atoms with E-state index in [9.17, 15) is 4.79 Å². The van der Waals surface area contributed by atoms with E-state index in [0.29, 0.717) is 19.3 Å². The zero-order valence-corrected chi connectivity index (χ0v) is 12.2. The number of carbonyl (C=O) groups excluding carboxylic acids is 1. The van der Waals surface area contributed by atoms with Crippen molar-refractivity contribution >= 4 is 5.91 Å². The molecule has 0 bridgehead atoms. The van der Waals surface area contributed by atoms with Crippen molar-refractivity contribution in [2.75, 3.05) is 39.4 Å². The molecule has 0 aliphatic carbocycles. The lowest BCUT2D eigenvalue weighted by molar-refractivity contribution is -0.143. The van der Waals surface area contributed by atoms with Crippen molar-refractivity contribution in [1.82, 2.24) is 19.6 Å². The van der Waals surface area contributed by atoms with E-state index in [1.165, 1.54) is 5.56 Å². The van der Waals surface area contributed by atoms with Crippen LogP contribution in [0.4, 0.5) is 0 Å². The van der Waals surface area contributed by atoms with Gasteiger partial charge in [0.25, 0.3) is 0 Å². The third-order valence-electron chi connectivity index (χ3n) is 4.22. The number of hydrogen-bond donors (Lipinski definition) is 0. The quantitative estimate of drug-likeness (QED) is 0.798. The van der Waals surface area contributed by atoms with Gasteiger partial charge in [0.15, 0.2) is 0 Å². The molecule has 20 heavy (non-hydrogen) atoms. The third kappa shape index (κ3) is 2.58. The van der Waals surface area contributed by atoms with Crippen LogP contribution in [0, 0.1) is 6.92 Å². The van der Waals surface area contributed by atoms with Crippen LogP contribution in [0.3, 0.4) is 0 Å². The lowest BCUT2D eigenvalue weighted by Crippen LogP contribution is -2.58. The fraction of sp³-hybridized carbons (Fsp3) is 0.714. The van der Waals surface area contributed by atoms with E-state index in [1.807, 2.05) is 29.6 Å². The Morgan fingerprint density at radius 3 is 2.70 bits per heavy atom. The number of likely N-dealkylation sites (tertiary alicyclic amines) is 1. The van der Waals surface area contributed by atoms with Crippen LogP contribution in [0.5, 0.6) is 0 Å². The third-order valence-corrected chi connectivity index (χ3v) is 4.22. The number of nitrogens with zero attached hydrogens (tertiary/aromatic N) is 4. The van der Waals surface area contributed by atoms with E-state index in [1.54, 1.807) is 0 Å². The van der Waals surface area contributed by atoms with Gasteiger partial charge in [-0.3, -0.25) is 14.4 Å². The van der Waals surface area contributed by atoms with Gasteiger partial charge in [0.2, 0.25) is 5.91 Å². The fourth-order valence-electron chi connectivity index (χ4n) is 2.81. The number of ether oxygens (including phenoxy) is 1. The molecule has 110 valence electrons. The molecule has 1 amide bonds. The van der Waals surface area contributed by atoms with Crippen molar-refractivity contribution in [1.29, 1.82) is 0 Å². The number of hydrogen-bond acceptors (Lipinski definition) is 4. The Bertz CT molecular complexity index is 475. The summed E-state index contributed by atoms with van der Waals surface area (Å²) in [5.74, 6) is 0.225. The lowest BCUT2D eigenvalue weighted by Gasteiger charge is -2.43. The molecule has 2 aliphatic heterocycles. The Balaban J connectivity index is 1.52. The van der Waals surface area contributed by atoms with Gasteiger partial charge in [0.1, 0.15) is 0 Å². The molecule has 2 fully saturated rings. The molecule has 3 rings (SSSR count). The van der Waals surface area contributed by atoms with Gasteiger partial charge in [0, 0.05) is 32.4 Å². The minimum atomic E-state index is -0.0407. The topological polar surface area (TPSA) is 50.6 Å². The lowest BCUT2D eigenvalue weighted by atomic mass is 10.1. The second-order valence-corrected chi connectivity index (χ2v) is 5.72. The van der Waals surface area contributed by atoms with Crippen LogP contribution in [0.2, 0.25) is 0 Å². The van der Waals surface area contributed by atoms with Crippen molar-refractivity contribution in [3.05, 3.63) is 18.0 Å². The summed E-state index contributed by atoms with van der Waals surface area (Å²) in [4.78, 5) is 16.5. The highest BCUT2D eigenvalue weighted by Gasteiger charge is 2.36. The number of rotatable bonds is 3. The molecule has 0 radical (unpaired) electrons. The van der Waals surface area contributed by atoms with Crippen LogP contribution < -0.4 is 0 Å². The summed E-state index contributed by atoms with van der Waals surface area (Å²) in [6.45, 7) is 8.61. The monoisotopic (exact) mass is 278 g/mol. The Kier molecular flexibility index (Phi) is 3.76. The first kappa shape index (κ1) is 13.6. The van der Waals surface area contributed by atoms with Gasteiger partial charge in [-0.2, -0.15) is 5.10 Å². The largest absolute Gasteiger partial charge is 0.378 e. The van der Waals surface area contributed by atoms with Gasteiger partial charge < -0.3 is 9.64 Å². The van der Waals surface area contributed by atoms with Crippen molar-refractivity contribution in [2.24, 2.45) is 0 Å². The zero-order chi connectivity index (χ0) is 14.1. The van der Waals surface area contributed by atoms with Gasteiger partial charge >= 0.3 is 0 Å². The SMILES string of the molecule is Cc1cnn(C2CN([C@@H](C)C(=O)N3CCOCC3)C2)c1. The molecule has 1 aromatic rings. The molecule has 3 heterocycles. The highest BCUT2D eigenvalue weighted by atomic mass is 16.5. The van der Waals surface area contributed by atoms with Crippen LogP contribution in [0.1, 0.15) is 18.5 Å². The molecule has 6 nitrogen and oxygen atoms in total. The van der Waals surface area contributed by atoms with E-state index < -0.39 is 0 Å². The van der Waals surface area contributed by atoms with Gasteiger partial charge in [0.05, 0.1) is 31.5 Å². The maximum Gasteiger partial charge on any atom is 0.239 e. The first-order chi connectivity index (χ1) is 9.65. The van der Waals surface area contributed by atoms with Crippen LogP contribution >= 0.6 is 0 Å². The average Bonchev–Trinajstić information content (AvgIpc) is 2.83. The molecule has 6 heteroatoms. The molecule has 0 unspecified atom stereocenters. The summed E-state index contributed by atoms with van der Waals surface area (Å²) in [5, 5.41) is 4.34. The number of aryl methyl sites for hydroxylation is 1. The summed E-state index contributed by atoms with van der Waals surface area (Å²) in [7, 11) is 0. The highest BCUT2D eigenvalue weighted by Crippen LogP contribution is 2.24. The Morgan fingerprint density at radius 1 is 1.40 bits per heavy atom. The summed E-state index contributed by atoms with van der Waals surface area (Å²) in [5.41, 5.74) is 1.18. The van der Waals surface area contributed by atoms with E-state index in [2.05, 4.69) is 16.2 Å². The average molecular weight is 278 g/mol. The predicted octanol–water partition coefficient (Wildman–Crippen LogP) is 0.296. The predicted molar refractivity (Wildman–Crippen MR) is 74.4 cm³/mol. The molecular formula is C14H22N4O2. The Morgan fingerprint density at radius 2 is 2.10 bits per heavy atom. The van der Waals surface area contributed by atoms with Crippen molar-refractivity contribution in [3.63, 3.8) is 0 Å². The van der Waals surface area contributed by atoms with E-state index in [0.717, 1.165) is 26.2 Å². The van der Waals surface area contributed by atoms with Crippen LogP contribution in [-0.4, -0.2) is 70.9 Å². The second-order valence-electron chi connectivity index (χ2n) is 5.72. The maximum atomic E-state index is 12.4. The number of morpholine rings is 1. The zero-order valence-electron chi connectivity index (χ0n) is 12.2. The standard InChI is InChI=1S/C14H22N4O2/c1-11-7-15-18(8-11)13-9-17(10-13)12(2)14(19)16-3-5-20-6-4-16/h7-8,12-13H,3-6,9-10H2,1-2H3/t12-/m0/s1. The van der Waals surface area contributed by atoms with Crippen molar-refractivity contribution in [3.8, 4) is 0 Å². The Hall–Kier alpha value is -1.40. The molecule has 1 aromatic heterocycles. The van der Waals surface area contributed by atoms with E-state index >= 15 is 0 Å². The van der Waals surface area contributed by atoms with E-state index in [-0.39, 0.29) is 11.9 Å². The van der Waals surface area contributed by atoms with Gasteiger partial charge in [-0.15, -0.1) is 0 Å². The summed E-state index contributed by atoms with van der Waals surface area (Å²) < 4.78 is 7.30. The fourth-order valence-corrected chi connectivity index (χ4v) is 2.81. The Labute approximate surface area is 119 Å². The van der Waals surface area contributed by atoms with Gasteiger partial charge in [-0.1, -0.05) is 0 Å². The molecule has 2 saturated heterocycles. The first-order valence-corrected chi connectivity index (χ1v) is 7.26. The molecule has 0 N–H and O–H groups in total. The molecule has 1 atom stereocenters. The highest BCUT2D eigenvalue weighted by molar-refractivity contribution is 5.81. The number of aromatic nitrogens is 2. The minimum Gasteiger partial charge on any atom is -0.378 e. The molecular weight excluding hydrogens is 256 g/mol. The van der Waals surface area contributed by atoms with Crippen LogP contribution in [0.25, 0.3) is 0 Å². The number of carbonyl (C=O) groups is 1. The maximum absolute atomic E-state index is 12.4. The normalized spacial score (nSPS) is 22.6. The van der Waals surface area contributed by atoms with Gasteiger partial charge in [-0.05, 0) is 19.4 Å². The van der Waals surface area contributed by atoms with Crippen LogP contribution in [-0.2, 0) is 9.53 Å². The second kappa shape index (κ2) is 5.54. The minimum absolute atomic E-state index is 0.0407. The van der Waals surface area contributed by atoms with Crippen LogP contribution in [0.15, 0.2) is 12.4 Å². The summed E-state index contributed by atoms with van der Waals surface area (Å²) in [6.07, 6.45) is 3.95. The molecule has 0 aromatic carbocycles. The van der Waals surface area contributed by atoms with E-state index in [4.69, 9.17) is 4.74 Å².